The van der Waals surface area contributed by atoms with Crippen molar-refractivity contribution in [1.29, 1.82) is 0 Å². The Morgan fingerprint density at radius 2 is 1.66 bits per heavy atom. The van der Waals surface area contributed by atoms with Crippen LogP contribution in [-0.2, 0) is 36.4 Å². The first-order valence-electron chi connectivity index (χ1n) is 10.7. The minimum atomic E-state index is -5.70. The van der Waals surface area contributed by atoms with E-state index in [1.807, 2.05) is 0 Å². The minimum absolute atomic E-state index is 0.0426. The molecule has 1 aliphatic heterocycles. The second kappa shape index (κ2) is 14.1. The average Bonchev–Trinajstić information content (AvgIpc) is 3.41. The van der Waals surface area contributed by atoms with Gasteiger partial charge in [0.05, 0.1) is 19.5 Å². The van der Waals surface area contributed by atoms with Gasteiger partial charge in [-0.05, 0) is 0 Å². The second-order valence-electron chi connectivity index (χ2n) is 7.88. The second-order valence-corrected chi connectivity index (χ2v) is 12.3. The summed E-state index contributed by atoms with van der Waals surface area (Å²) in [5.74, 6) is 0.0426. The summed E-state index contributed by atoms with van der Waals surface area (Å²) in [5.41, 5.74) is 6.00. The quantitative estimate of drug-likeness (QED) is 0.0758. The molecule has 1 saturated heterocycles. The van der Waals surface area contributed by atoms with Gasteiger partial charge in [0.25, 0.3) is 0 Å². The Hall–Kier alpha value is -1.85. The fraction of sp³-hybridized carbons (Fsp3) is 0.600. The van der Waals surface area contributed by atoms with Crippen molar-refractivity contribution in [3.8, 4) is 0 Å². The van der Waals surface area contributed by atoms with Crippen molar-refractivity contribution in [3.05, 3.63) is 12.7 Å². The van der Waals surface area contributed by atoms with Crippen LogP contribution in [0.2, 0.25) is 0 Å². The van der Waals surface area contributed by atoms with Crippen LogP contribution in [0.15, 0.2) is 12.7 Å². The highest BCUT2D eigenvalue weighted by Gasteiger charge is 2.47. The van der Waals surface area contributed by atoms with Gasteiger partial charge < -0.3 is 65.5 Å². The van der Waals surface area contributed by atoms with E-state index >= 15 is 0 Å². The fourth-order valence-electron chi connectivity index (χ4n) is 3.04. The van der Waals surface area contributed by atoms with Crippen LogP contribution in [0.3, 0.4) is 0 Å². The maximum absolute atomic E-state index is 11.8. The summed E-state index contributed by atoms with van der Waals surface area (Å²) in [4.78, 5) is 57.0. The highest BCUT2D eigenvalue weighted by Crippen LogP contribution is 2.66. The lowest BCUT2D eigenvalue weighted by molar-refractivity contribution is -0.127. The lowest BCUT2D eigenvalue weighted by Gasteiger charge is -2.19. The zero-order chi connectivity index (χ0) is 31.3. The number of nitrogens with two attached hydrogens (primary N) is 1. The molecule has 41 heavy (non-hydrogen) atoms. The maximum Gasteiger partial charge on any atom is 0.490 e. The number of aromatic nitrogens is 4. The molecule has 2 aromatic rings. The molecule has 0 spiro atoms. The van der Waals surface area contributed by atoms with Crippen LogP contribution in [0.25, 0.3) is 11.2 Å². The van der Waals surface area contributed by atoms with Crippen LogP contribution in [-0.4, -0.2) is 126 Å². The summed E-state index contributed by atoms with van der Waals surface area (Å²) in [6, 6.07) is 0. The number of fused-ring (bicyclic) bond motifs is 1. The third-order valence-electron chi connectivity index (χ3n) is 4.89. The van der Waals surface area contributed by atoms with Crippen LogP contribution < -0.4 is 5.73 Å². The van der Waals surface area contributed by atoms with Crippen molar-refractivity contribution in [3.63, 3.8) is 0 Å². The lowest BCUT2D eigenvalue weighted by Crippen LogP contribution is -2.40. The van der Waals surface area contributed by atoms with Gasteiger partial charge in [-0.3, -0.25) is 9.09 Å². The van der Waals surface area contributed by atoms with Gasteiger partial charge in [-0.2, -0.15) is 8.62 Å². The number of nitrogen functional groups attached to an aromatic ring is 1. The van der Waals surface area contributed by atoms with E-state index in [0.29, 0.717) is 0 Å². The van der Waals surface area contributed by atoms with Crippen LogP contribution in [0.4, 0.5) is 5.82 Å². The average molecular weight is 657 g/mol. The Labute approximate surface area is 227 Å². The minimum Gasteiger partial charge on any atom is -0.394 e. The van der Waals surface area contributed by atoms with Gasteiger partial charge >= 0.3 is 23.5 Å². The summed E-state index contributed by atoms with van der Waals surface area (Å²) in [6.45, 7) is -1.64. The molecular weight excluding hydrogens is 631 g/mol. The molecular formula is C15H26N5O18P3. The molecule has 0 bridgehead atoms. The number of aldehydes is 1. The van der Waals surface area contributed by atoms with Gasteiger partial charge in [-0.15, -0.1) is 0 Å². The normalized spacial score (nSPS) is 26.3. The molecule has 2 aromatic heterocycles. The van der Waals surface area contributed by atoms with E-state index in [0.717, 1.165) is 6.33 Å². The van der Waals surface area contributed by atoms with E-state index in [9.17, 15) is 33.6 Å². The standard InChI is InChI=1S/C10H16N5O13P3.C5H10O5/c11-8-5-9(13-2-12-8)15(3-14-5)10-7(17)6(16)4(26-10)1-25-30(21,22)28-31(23,24)27-29(18,19)20;6-1-3(8)5(10)4(9)2-7/h2-4,6-7,10,16-17H,1H2,(H,21,22)(H,23,24)(H2,11,12,13)(H2,18,19,20);1,3-5,7-10H,2H2/t4-,6-,7-,10-;/m1./s1. The number of ether oxygens (including phenoxy) is 1. The maximum atomic E-state index is 11.8. The number of imidazole rings is 1. The van der Waals surface area contributed by atoms with E-state index in [-0.39, 0.29) is 23.3 Å². The highest BCUT2D eigenvalue weighted by atomic mass is 31.3. The largest absolute Gasteiger partial charge is 0.490 e. The number of phosphoric ester groups is 1. The molecule has 0 aliphatic carbocycles. The highest BCUT2D eigenvalue weighted by molar-refractivity contribution is 7.66. The zero-order valence-corrected chi connectivity index (χ0v) is 22.8. The molecule has 5 unspecified atom stereocenters. The summed E-state index contributed by atoms with van der Waals surface area (Å²) in [6.07, 6.45) is -8.32. The van der Waals surface area contributed by atoms with E-state index in [2.05, 4.69) is 28.1 Å². The molecule has 234 valence electrons. The SMILES string of the molecule is Nc1ncnc2c1ncn2[C@@H]1O[C@H](COP(=O)(O)OP(=O)(O)OP(=O)(O)O)[C@@H](O)[C@H]1O.O=CC(O)C(O)C(O)CO. The van der Waals surface area contributed by atoms with Crippen LogP contribution in [0.5, 0.6) is 0 Å². The number of aliphatic hydroxyl groups excluding tert-OH is 6. The van der Waals surface area contributed by atoms with E-state index < -0.39 is 79.5 Å². The van der Waals surface area contributed by atoms with Gasteiger partial charge in [-0.25, -0.2) is 28.6 Å². The molecule has 0 aromatic carbocycles. The molecule has 12 N–H and O–H groups in total. The monoisotopic (exact) mass is 657 g/mol. The smallest absolute Gasteiger partial charge is 0.394 e. The van der Waals surface area contributed by atoms with Gasteiger partial charge in [0.15, 0.2) is 24.0 Å². The third kappa shape index (κ3) is 9.85. The Balaban J connectivity index is 0.000000503. The molecule has 0 radical (unpaired) electrons. The first kappa shape index (κ1) is 35.3. The summed E-state index contributed by atoms with van der Waals surface area (Å²) < 4.78 is 51.9. The van der Waals surface area contributed by atoms with Crippen molar-refractivity contribution in [2.45, 2.75) is 42.9 Å². The van der Waals surface area contributed by atoms with Crippen LogP contribution in [0, 0.1) is 0 Å². The number of nitrogens with zero attached hydrogens (tertiary/aromatic N) is 4. The number of aliphatic hydroxyl groups is 6. The number of carbonyl (C=O) groups is 1. The van der Waals surface area contributed by atoms with Crippen molar-refractivity contribution in [1.82, 2.24) is 19.5 Å². The predicted octanol–water partition coefficient (Wildman–Crippen LogP) is -4.37. The molecule has 0 saturated carbocycles. The Kier molecular flexibility index (Phi) is 12.1. The Bertz CT molecular complexity index is 1320. The van der Waals surface area contributed by atoms with Crippen molar-refractivity contribution in [2.24, 2.45) is 0 Å². The summed E-state index contributed by atoms with van der Waals surface area (Å²) in [5, 5.41) is 54.5. The van der Waals surface area contributed by atoms with E-state index in [1.54, 1.807) is 0 Å². The molecule has 3 heterocycles. The summed E-state index contributed by atoms with van der Waals surface area (Å²) in [7, 11) is -16.7. The molecule has 0 amide bonds. The molecule has 26 heteroatoms. The number of hydrogen-bond donors (Lipinski definition) is 11. The zero-order valence-electron chi connectivity index (χ0n) is 20.1. The number of carbonyl (C=O) groups excluding carboxylic acids is 1. The van der Waals surface area contributed by atoms with Gasteiger partial charge in [0.1, 0.15) is 48.5 Å². The number of phosphoric acid groups is 3. The van der Waals surface area contributed by atoms with Crippen LogP contribution in [0.1, 0.15) is 6.23 Å². The van der Waals surface area contributed by atoms with Crippen molar-refractivity contribution in [2.75, 3.05) is 18.9 Å². The first-order valence-corrected chi connectivity index (χ1v) is 15.2. The van der Waals surface area contributed by atoms with Gasteiger partial charge in [0.2, 0.25) is 0 Å². The van der Waals surface area contributed by atoms with Crippen molar-refractivity contribution >= 4 is 46.7 Å². The molecule has 9 atom stereocenters. The first-order chi connectivity index (χ1) is 18.8. The number of anilines is 1. The topological polar surface area (TPSA) is 377 Å². The molecule has 1 aliphatic rings. The molecule has 1 fully saturated rings. The van der Waals surface area contributed by atoms with Crippen molar-refractivity contribution < 1.29 is 86.6 Å². The summed E-state index contributed by atoms with van der Waals surface area (Å²) >= 11 is 0. The lowest BCUT2D eigenvalue weighted by atomic mass is 10.1. The Morgan fingerprint density at radius 3 is 2.22 bits per heavy atom. The molecule has 3 rings (SSSR count). The number of hydrogen-bond acceptors (Lipinski definition) is 18. The van der Waals surface area contributed by atoms with Gasteiger partial charge in [-0.1, -0.05) is 0 Å². The van der Waals surface area contributed by atoms with E-state index in [4.69, 9.17) is 45.6 Å². The predicted molar refractivity (Wildman–Crippen MR) is 127 cm³/mol. The van der Waals surface area contributed by atoms with Crippen LogP contribution >= 0.6 is 23.5 Å². The fourth-order valence-corrected chi connectivity index (χ4v) is 6.07. The number of rotatable bonds is 12. The molecule has 23 nitrogen and oxygen atoms in total. The Morgan fingerprint density at radius 1 is 1.02 bits per heavy atom. The van der Waals surface area contributed by atoms with Gasteiger partial charge in [0, 0.05) is 0 Å². The van der Waals surface area contributed by atoms with E-state index in [1.165, 1.54) is 10.9 Å². The third-order valence-corrected chi connectivity index (χ3v) is 8.69.